The predicted molar refractivity (Wildman–Crippen MR) is 67.6 cm³/mol. The van der Waals surface area contributed by atoms with E-state index in [1.165, 1.54) is 0 Å². The summed E-state index contributed by atoms with van der Waals surface area (Å²) in [6.07, 6.45) is 1.82. The molecule has 0 atom stereocenters. The monoisotopic (exact) mass is 245 g/mol. The van der Waals surface area contributed by atoms with Crippen LogP contribution in [0.2, 0.25) is 0 Å². The van der Waals surface area contributed by atoms with E-state index in [0.717, 1.165) is 5.56 Å². The van der Waals surface area contributed by atoms with Crippen LogP contribution < -0.4 is 5.32 Å². The van der Waals surface area contributed by atoms with Crippen LogP contribution in [-0.4, -0.2) is 17.5 Å². The molecule has 0 radical (unpaired) electrons. The summed E-state index contributed by atoms with van der Waals surface area (Å²) >= 11 is 0. The van der Waals surface area contributed by atoms with Crippen molar-refractivity contribution in [1.29, 1.82) is 0 Å². The Balaban J connectivity index is 2.48. The van der Waals surface area contributed by atoms with Gasteiger partial charge in [0.15, 0.2) is 0 Å². The highest BCUT2D eigenvalue weighted by Gasteiger charge is 2.22. The van der Waals surface area contributed by atoms with Gasteiger partial charge in [0.2, 0.25) is 17.5 Å². The molecular weight excluding hydrogens is 230 g/mol. The van der Waals surface area contributed by atoms with Crippen molar-refractivity contribution in [3.63, 3.8) is 0 Å². The molecule has 1 aromatic rings. The molecule has 1 amide bonds. The molecule has 1 aliphatic heterocycles. The summed E-state index contributed by atoms with van der Waals surface area (Å²) in [5.74, 6) is -0.985. The van der Waals surface area contributed by atoms with E-state index in [1.807, 2.05) is 13.0 Å². The molecule has 0 bridgehead atoms. The summed E-state index contributed by atoms with van der Waals surface area (Å²) in [5.41, 5.74) is 1.57. The van der Waals surface area contributed by atoms with Gasteiger partial charge in [0.25, 0.3) is 0 Å². The zero-order valence-corrected chi connectivity index (χ0v) is 10.3. The van der Waals surface area contributed by atoms with E-state index in [9.17, 15) is 14.4 Å². The second-order valence-electron chi connectivity index (χ2n) is 4.51. The van der Waals surface area contributed by atoms with Crippen LogP contribution in [0.4, 0.5) is 5.69 Å². The Labute approximate surface area is 105 Å². The molecule has 0 aliphatic carbocycles. The van der Waals surface area contributed by atoms with Crippen LogP contribution >= 0.6 is 0 Å². The Kier molecular flexibility index (Phi) is 3.55. The SMILES string of the molecule is Cc1cccc2c1NC(=O)CCCCC(=O)C2=O. The van der Waals surface area contributed by atoms with Crippen molar-refractivity contribution in [3.8, 4) is 0 Å². The van der Waals surface area contributed by atoms with Crippen molar-refractivity contribution >= 4 is 23.2 Å². The molecule has 18 heavy (non-hydrogen) atoms. The molecule has 4 nitrogen and oxygen atoms in total. The highest BCUT2D eigenvalue weighted by molar-refractivity contribution is 6.45. The summed E-state index contributed by atoms with van der Waals surface area (Å²) in [6, 6.07) is 5.12. The number of fused-ring (bicyclic) bond motifs is 1. The van der Waals surface area contributed by atoms with Gasteiger partial charge in [-0.15, -0.1) is 0 Å². The van der Waals surface area contributed by atoms with Crippen LogP contribution in [-0.2, 0) is 9.59 Å². The summed E-state index contributed by atoms with van der Waals surface area (Å²) < 4.78 is 0. The van der Waals surface area contributed by atoms with Crippen LogP contribution in [0, 0.1) is 6.92 Å². The lowest BCUT2D eigenvalue weighted by atomic mass is 9.97. The molecule has 1 N–H and O–H groups in total. The first-order valence-electron chi connectivity index (χ1n) is 6.06. The highest BCUT2D eigenvalue weighted by atomic mass is 16.2. The zero-order chi connectivity index (χ0) is 13.1. The molecule has 0 saturated carbocycles. The van der Waals surface area contributed by atoms with Gasteiger partial charge in [0.1, 0.15) is 0 Å². The van der Waals surface area contributed by atoms with Crippen LogP contribution in [0.15, 0.2) is 18.2 Å². The number of nitrogens with one attached hydrogen (secondary N) is 1. The summed E-state index contributed by atoms with van der Waals surface area (Å²) in [7, 11) is 0. The first-order valence-corrected chi connectivity index (χ1v) is 6.06. The maximum absolute atomic E-state index is 12.0. The highest BCUT2D eigenvalue weighted by Crippen LogP contribution is 2.23. The first kappa shape index (κ1) is 12.5. The van der Waals surface area contributed by atoms with Gasteiger partial charge in [0.05, 0.1) is 5.69 Å². The van der Waals surface area contributed by atoms with Gasteiger partial charge in [-0.05, 0) is 31.4 Å². The summed E-state index contributed by atoms with van der Waals surface area (Å²) in [5, 5.41) is 2.74. The number of benzene rings is 1. The molecule has 94 valence electrons. The van der Waals surface area contributed by atoms with Gasteiger partial charge >= 0.3 is 0 Å². The fraction of sp³-hybridized carbons (Fsp3) is 0.357. The van der Waals surface area contributed by atoms with Gasteiger partial charge in [-0.25, -0.2) is 0 Å². The van der Waals surface area contributed by atoms with E-state index in [-0.39, 0.29) is 18.1 Å². The zero-order valence-electron chi connectivity index (χ0n) is 10.3. The minimum atomic E-state index is -0.504. The van der Waals surface area contributed by atoms with Crippen LogP contribution in [0.5, 0.6) is 0 Å². The van der Waals surface area contributed by atoms with E-state index in [0.29, 0.717) is 30.5 Å². The van der Waals surface area contributed by atoms with Gasteiger partial charge in [0, 0.05) is 18.4 Å². The Morgan fingerprint density at radius 1 is 1.06 bits per heavy atom. The quantitative estimate of drug-likeness (QED) is 0.713. The average molecular weight is 245 g/mol. The molecule has 0 saturated heterocycles. The Bertz CT molecular complexity index is 520. The minimum Gasteiger partial charge on any atom is -0.325 e. The summed E-state index contributed by atoms with van der Waals surface area (Å²) in [4.78, 5) is 35.4. The summed E-state index contributed by atoms with van der Waals surface area (Å²) in [6.45, 7) is 1.81. The average Bonchev–Trinajstić information content (AvgIpc) is 2.35. The number of carbonyl (C=O) groups is 3. The molecule has 0 aromatic heterocycles. The third-order valence-electron chi connectivity index (χ3n) is 3.09. The maximum Gasteiger partial charge on any atom is 0.230 e. The molecule has 0 fully saturated rings. The van der Waals surface area contributed by atoms with Crippen molar-refractivity contribution in [1.82, 2.24) is 0 Å². The van der Waals surface area contributed by atoms with Crippen molar-refractivity contribution < 1.29 is 14.4 Å². The van der Waals surface area contributed by atoms with Crippen molar-refractivity contribution in [3.05, 3.63) is 29.3 Å². The van der Waals surface area contributed by atoms with E-state index >= 15 is 0 Å². The number of hydrogen-bond donors (Lipinski definition) is 1. The van der Waals surface area contributed by atoms with Crippen molar-refractivity contribution in [2.45, 2.75) is 32.6 Å². The van der Waals surface area contributed by atoms with E-state index in [2.05, 4.69) is 5.32 Å². The smallest absolute Gasteiger partial charge is 0.230 e. The second-order valence-corrected chi connectivity index (χ2v) is 4.51. The van der Waals surface area contributed by atoms with Crippen LogP contribution in [0.1, 0.15) is 41.6 Å². The Morgan fingerprint density at radius 3 is 2.56 bits per heavy atom. The molecule has 1 heterocycles. The van der Waals surface area contributed by atoms with Crippen molar-refractivity contribution in [2.24, 2.45) is 0 Å². The normalized spacial score (nSPS) is 17.1. The minimum absolute atomic E-state index is 0.104. The van der Waals surface area contributed by atoms with E-state index in [1.54, 1.807) is 12.1 Å². The predicted octanol–water partition coefficient (Wildman–Crippen LogP) is 2.26. The maximum atomic E-state index is 12.0. The fourth-order valence-electron chi connectivity index (χ4n) is 2.06. The van der Waals surface area contributed by atoms with Crippen molar-refractivity contribution in [2.75, 3.05) is 5.32 Å². The number of ketones is 2. The standard InChI is InChI=1S/C14H15NO3/c1-9-5-4-6-10-13(9)15-12(17)8-3-2-7-11(16)14(10)18/h4-6H,2-3,7-8H2,1H3,(H,15,17). The lowest BCUT2D eigenvalue weighted by Crippen LogP contribution is -2.21. The largest absolute Gasteiger partial charge is 0.325 e. The lowest BCUT2D eigenvalue weighted by molar-refractivity contribution is -0.117. The molecule has 0 spiro atoms. The second kappa shape index (κ2) is 5.12. The lowest BCUT2D eigenvalue weighted by Gasteiger charge is -2.14. The molecular formula is C14H15NO3. The van der Waals surface area contributed by atoms with Gasteiger partial charge < -0.3 is 5.32 Å². The molecule has 0 unspecified atom stereocenters. The third kappa shape index (κ3) is 2.47. The van der Waals surface area contributed by atoms with Gasteiger partial charge in [-0.3, -0.25) is 14.4 Å². The molecule has 1 aromatic carbocycles. The van der Waals surface area contributed by atoms with Crippen LogP contribution in [0.3, 0.4) is 0 Å². The first-order chi connectivity index (χ1) is 8.59. The third-order valence-corrected chi connectivity index (χ3v) is 3.09. The number of aryl methyl sites for hydroxylation is 1. The van der Waals surface area contributed by atoms with E-state index < -0.39 is 5.78 Å². The van der Waals surface area contributed by atoms with Gasteiger partial charge in [-0.1, -0.05) is 12.1 Å². The number of carbonyl (C=O) groups excluding carboxylic acids is 3. The number of anilines is 1. The van der Waals surface area contributed by atoms with Gasteiger partial charge in [-0.2, -0.15) is 0 Å². The Hall–Kier alpha value is -1.97. The number of Topliss-reactive ketones (excluding diaryl/α,β-unsaturated/α-hetero) is 2. The van der Waals surface area contributed by atoms with E-state index in [4.69, 9.17) is 0 Å². The molecule has 4 heteroatoms. The number of hydrogen-bond acceptors (Lipinski definition) is 3. The van der Waals surface area contributed by atoms with Crippen LogP contribution in [0.25, 0.3) is 0 Å². The number of rotatable bonds is 0. The molecule has 2 rings (SSSR count). The number of amides is 1. The fourth-order valence-corrected chi connectivity index (χ4v) is 2.06. The molecule has 1 aliphatic rings. The Morgan fingerprint density at radius 2 is 1.78 bits per heavy atom. The number of para-hydroxylation sites is 1. The topological polar surface area (TPSA) is 63.2 Å².